The van der Waals surface area contributed by atoms with Crippen LogP contribution in [0.25, 0.3) is 5.69 Å². The summed E-state index contributed by atoms with van der Waals surface area (Å²) >= 11 is 12.2. The Morgan fingerprint density at radius 1 is 1.25 bits per heavy atom. The zero-order valence-electron chi connectivity index (χ0n) is 16.1. The molecule has 7 heteroatoms. The van der Waals surface area contributed by atoms with E-state index in [-0.39, 0.29) is 5.91 Å². The molecule has 2 aromatic heterocycles. The Labute approximate surface area is 174 Å². The highest BCUT2D eigenvalue weighted by Gasteiger charge is 2.24. The fourth-order valence-electron chi connectivity index (χ4n) is 3.12. The number of nitrogens with one attached hydrogen (secondary N) is 1. The number of halogens is 2. The van der Waals surface area contributed by atoms with Crippen molar-refractivity contribution in [3.05, 3.63) is 69.4 Å². The lowest BCUT2D eigenvalue weighted by molar-refractivity contribution is 0.0946. The largest absolute Gasteiger partial charge is 0.467 e. The first-order valence-electron chi connectivity index (χ1n) is 9.27. The molecule has 148 valence electrons. The molecule has 5 nitrogen and oxygen atoms in total. The van der Waals surface area contributed by atoms with Gasteiger partial charge in [-0.05, 0) is 49.1 Å². The Morgan fingerprint density at radius 2 is 2.04 bits per heavy atom. The Balaban J connectivity index is 2.01. The maximum Gasteiger partial charge on any atom is 0.255 e. The Hall–Kier alpha value is -2.24. The molecule has 0 aliphatic rings. The number of aromatic nitrogens is 2. The molecule has 0 radical (unpaired) electrons. The van der Waals surface area contributed by atoms with Crippen molar-refractivity contribution >= 4 is 29.1 Å². The third kappa shape index (κ3) is 4.42. The van der Waals surface area contributed by atoms with Crippen LogP contribution in [0.2, 0.25) is 10.0 Å². The summed E-state index contributed by atoms with van der Waals surface area (Å²) in [4.78, 5) is 13.0. The van der Waals surface area contributed by atoms with Crippen molar-refractivity contribution in [2.24, 2.45) is 5.92 Å². The van der Waals surface area contributed by atoms with Gasteiger partial charge in [0.15, 0.2) is 0 Å². The van der Waals surface area contributed by atoms with E-state index in [9.17, 15) is 4.79 Å². The number of benzene rings is 1. The highest BCUT2D eigenvalue weighted by molar-refractivity contribution is 6.42. The van der Waals surface area contributed by atoms with Gasteiger partial charge < -0.3 is 9.73 Å². The molecule has 0 bridgehead atoms. The molecule has 0 saturated heterocycles. The molecule has 0 spiro atoms. The van der Waals surface area contributed by atoms with Crippen LogP contribution in [-0.4, -0.2) is 15.7 Å². The van der Waals surface area contributed by atoms with Crippen LogP contribution >= 0.6 is 23.2 Å². The summed E-state index contributed by atoms with van der Waals surface area (Å²) in [5, 5.41) is 8.63. The number of furan rings is 1. The first-order chi connectivity index (χ1) is 13.4. The molecule has 1 N–H and O–H groups in total. The van der Waals surface area contributed by atoms with Gasteiger partial charge in [-0.2, -0.15) is 5.10 Å². The maximum absolute atomic E-state index is 13.0. The van der Waals surface area contributed by atoms with Gasteiger partial charge in [-0.25, -0.2) is 4.68 Å². The minimum absolute atomic E-state index is 0.157. The molecule has 3 rings (SSSR count). The van der Waals surface area contributed by atoms with Crippen LogP contribution in [0.1, 0.15) is 48.3 Å². The molecular formula is C21H23Cl2N3O2. The average Bonchev–Trinajstić information content (AvgIpc) is 3.29. The van der Waals surface area contributed by atoms with Gasteiger partial charge in [0.2, 0.25) is 0 Å². The molecule has 1 amide bonds. The van der Waals surface area contributed by atoms with Gasteiger partial charge in [0.1, 0.15) is 5.76 Å². The van der Waals surface area contributed by atoms with Gasteiger partial charge in [0.05, 0.1) is 45.5 Å². The zero-order valence-corrected chi connectivity index (χ0v) is 17.6. The molecule has 0 fully saturated rings. The monoisotopic (exact) mass is 419 g/mol. The van der Waals surface area contributed by atoms with Gasteiger partial charge in [-0.15, -0.1) is 0 Å². The van der Waals surface area contributed by atoms with Gasteiger partial charge in [0.25, 0.3) is 5.91 Å². The number of hydrogen-bond donors (Lipinski definition) is 1. The third-order valence-electron chi connectivity index (χ3n) is 4.37. The van der Waals surface area contributed by atoms with Crippen molar-refractivity contribution in [3.63, 3.8) is 0 Å². The summed E-state index contributed by atoms with van der Waals surface area (Å²) in [6, 6.07) is 8.98. The lowest BCUT2D eigenvalue weighted by Gasteiger charge is -2.09. The lowest BCUT2D eigenvalue weighted by atomic mass is 10.0. The fraction of sp³-hybridized carbons (Fsp3) is 0.333. The number of rotatable bonds is 7. The summed E-state index contributed by atoms with van der Waals surface area (Å²) in [5.41, 5.74) is 3.01. The summed E-state index contributed by atoms with van der Waals surface area (Å²) in [6.45, 7) is 6.55. The van der Waals surface area contributed by atoms with Crippen molar-refractivity contribution < 1.29 is 9.21 Å². The van der Waals surface area contributed by atoms with E-state index in [4.69, 9.17) is 32.7 Å². The van der Waals surface area contributed by atoms with Gasteiger partial charge in [0, 0.05) is 0 Å². The topological polar surface area (TPSA) is 60.1 Å². The van der Waals surface area contributed by atoms with Crippen LogP contribution in [0, 0.1) is 5.92 Å². The first kappa shape index (κ1) is 20.5. The van der Waals surface area contributed by atoms with Crippen molar-refractivity contribution in [1.29, 1.82) is 0 Å². The number of nitrogens with zero attached hydrogens (tertiary/aromatic N) is 2. The van der Waals surface area contributed by atoms with Crippen molar-refractivity contribution in [2.75, 3.05) is 0 Å². The van der Waals surface area contributed by atoms with E-state index in [1.165, 1.54) is 0 Å². The molecule has 0 atom stereocenters. The quantitative estimate of drug-likeness (QED) is 0.552. The van der Waals surface area contributed by atoms with E-state index in [1.54, 1.807) is 29.1 Å². The van der Waals surface area contributed by atoms with Crippen LogP contribution in [-0.2, 0) is 19.4 Å². The van der Waals surface area contributed by atoms with Crippen LogP contribution in [0.15, 0.2) is 41.0 Å². The summed E-state index contributed by atoms with van der Waals surface area (Å²) in [6.07, 6.45) is 2.94. The van der Waals surface area contributed by atoms with E-state index >= 15 is 0 Å². The van der Waals surface area contributed by atoms with Gasteiger partial charge in [-0.3, -0.25) is 4.79 Å². The lowest BCUT2D eigenvalue weighted by Crippen LogP contribution is -2.25. The highest BCUT2D eigenvalue weighted by atomic mass is 35.5. The van der Waals surface area contributed by atoms with Crippen molar-refractivity contribution in [3.8, 4) is 5.69 Å². The summed E-state index contributed by atoms with van der Waals surface area (Å²) in [7, 11) is 0. The van der Waals surface area contributed by atoms with Gasteiger partial charge in [-0.1, -0.05) is 44.0 Å². The number of amides is 1. The molecule has 0 aliphatic heterocycles. The molecule has 3 aromatic rings. The number of carbonyl (C=O) groups is 1. The Bertz CT molecular complexity index is 962. The fourth-order valence-corrected chi connectivity index (χ4v) is 3.41. The second kappa shape index (κ2) is 8.84. The molecule has 0 aliphatic carbocycles. The summed E-state index contributed by atoms with van der Waals surface area (Å²) < 4.78 is 7.10. The van der Waals surface area contributed by atoms with Crippen molar-refractivity contribution in [1.82, 2.24) is 15.1 Å². The normalized spacial score (nSPS) is 11.2. The molecule has 0 saturated carbocycles. The minimum atomic E-state index is -0.157. The maximum atomic E-state index is 13.0. The minimum Gasteiger partial charge on any atom is -0.467 e. The second-order valence-corrected chi connectivity index (χ2v) is 7.81. The third-order valence-corrected chi connectivity index (χ3v) is 5.11. The molecule has 2 heterocycles. The van der Waals surface area contributed by atoms with Gasteiger partial charge >= 0.3 is 0 Å². The standard InChI is InChI=1S/C21H23Cl2N3O2/c1-4-19-20(21(27)24-12-15-6-5-9-28-15)18(10-13(2)3)25-26(19)14-7-8-16(22)17(23)11-14/h5-9,11,13H,4,10,12H2,1-3H3,(H,24,27). The number of carbonyl (C=O) groups excluding carboxylic acids is 1. The molecule has 28 heavy (non-hydrogen) atoms. The molecule has 0 unspecified atom stereocenters. The van der Waals surface area contributed by atoms with Crippen molar-refractivity contribution in [2.45, 2.75) is 40.2 Å². The van der Waals surface area contributed by atoms with Crippen LogP contribution < -0.4 is 5.32 Å². The van der Waals surface area contributed by atoms with Crippen LogP contribution in [0.5, 0.6) is 0 Å². The van der Waals surface area contributed by atoms with E-state index in [0.717, 1.165) is 17.1 Å². The zero-order chi connectivity index (χ0) is 20.3. The van der Waals surface area contributed by atoms with Crippen LogP contribution in [0.4, 0.5) is 0 Å². The van der Waals surface area contributed by atoms with E-state index < -0.39 is 0 Å². The Morgan fingerprint density at radius 3 is 2.64 bits per heavy atom. The SMILES string of the molecule is CCc1c(C(=O)NCc2ccco2)c(CC(C)C)nn1-c1ccc(Cl)c(Cl)c1. The summed E-state index contributed by atoms with van der Waals surface area (Å²) in [5.74, 6) is 0.905. The molecule has 1 aromatic carbocycles. The predicted molar refractivity (Wildman–Crippen MR) is 111 cm³/mol. The first-order valence-corrected chi connectivity index (χ1v) is 10.0. The predicted octanol–water partition coefficient (Wildman–Crippen LogP) is 5.46. The molecular weight excluding hydrogens is 397 g/mol. The Kier molecular flexibility index (Phi) is 6.47. The smallest absolute Gasteiger partial charge is 0.255 e. The average molecular weight is 420 g/mol. The van der Waals surface area contributed by atoms with Crippen LogP contribution in [0.3, 0.4) is 0 Å². The van der Waals surface area contributed by atoms with E-state index in [1.807, 2.05) is 19.1 Å². The van der Waals surface area contributed by atoms with E-state index in [2.05, 4.69) is 19.2 Å². The highest BCUT2D eigenvalue weighted by Crippen LogP contribution is 2.27. The number of hydrogen-bond acceptors (Lipinski definition) is 3. The second-order valence-electron chi connectivity index (χ2n) is 6.99. The van der Waals surface area contributed by atoms with E-state index in [0.29, 0.717) is 46.7 Å².